The molecule has 2 aromatic rings. The quantitative estimate of drug-likeness (QED) is 0.847. The van der Waals surface area contributed by atoms with Crippen molar-refractivity contribution < 1.29 is 4.79 Å². The average Bonchev–Trinajstić information content (AvgIpc) is 2.62. The van der Waals surface area contributed by atoms with Gasteiger partial charge in [0.25, 0.3) is 0 Å². The van der Waals surface area contributed by atoms with Crippen LogP contribution in [0.5, 0.6) is 0 Å². The largest absolute Gasteiger partial charge is 0.348 e. The predicted molar refractivity (Wildman–Crippen MR) is 100 cm³/mol. The third-order valence-electron chi connectivity index (χ3n) is 4.20. The summed E-state index contributed by atoms with van der Waals surface area (Å²) in [6, 6.07) is 18.5. The van der Waals surface area contributed by atoms with Crippen LogP contribution in [0.3, 0.4) is 0 Å². The van der Waals surface area contributed by atoms with Gasteiger partial charge < -0.3 is 5.32 Å². The van der Waals surface area contributed by atoms with Crippen LogP contribution in [0.15, 0.2) is 70.7 Å². The van der Waals surface area contributed by atoms with E-state index in [1.165, 1.54) is 5.56 Å². The van der Waals surface area contributed by atoms with Crippen molar-refractivity contribution in [2.24, 2.45) is 0 Å². The molecule has 0 saturated carbocycles. The van der Waals surface area contributed by atoms with Gasteiger partial charge in [-0.05, 0) is 29.7 Å². The maximum Gasteiger partial charge on any atom is 0.247 e. The number of amides is 1. The Bertz CT molecular complexity index is 710. The molecule has 0 fully saturated rings. The van der Waals surface area contributed by atoms with Crippen LogP contribution in [0.25, 0.3) is 0 Å². The Labute approximate surface area is 151 Å². The number of carbonyl (C=O) groups is 1. The van der Waals surface area contributed by atoms with E-state index >= 15 is 0 Å². The summed E-state index contributed by atoms with van der Waals surface area (Å²) in [5.41, 5.74) is 3.32. The first-order valence-electron chi connectivity index (χ1n) is 8.18. The fourth-order valence-electron chi connectivity index (χ4n) is 2.80. The lowest BCUT2D eigenvalue weighted by molar-refractivity contribution is -0.117. The molecular formula is C20H21BrN2O. The van der Waals surface area contributed by atoms with Crippen LogP contribution >= 0.6 is 15.9 Å². The van der Waals surface area contributed by atoms with Crippen LogP contribution in [-0.4, -0.2) is 23.9 Å². The van der Waals surface area contributed by atoms with Crippen molar-refractivity contribution in [1.82, 2.24) is 10.2 Å². The van der Waals surface area contributed by atoms with Gasteiger partial charge in [-0.25, -0.2) is 0 Å². The molecule has 1 aliphatic rings. The minimum absolute atomic E-state index is 0.0530. The highest BCUT2D eigenvalue weighted by molar-refractivity contribution is 9.10. The second-order valence-electron chi connectivity index (χ2n) is 6.01. The minimum atomic E-state index is 0.0530. The van der Waals surface area contributed by atoms with E-state index in [1.54, 1.807) is 0 Å². The van der Waals surface area contributed by atoms with Gasteiger partial charge in [0.2, 0.25) is 5.91 Å². The molecule has 0 spiro atoms. The van der Waals surface area contributed by atoms with Gasteiger partial charge >= 0.3 is 0 Å². The smallest absolute Gasteiger partial charge is 0.247 e. The van der Waals surface area contributed by atoms with E-state index < -0.39 is 0 Å². The van der Waals surface area contributed by atoms with Crippen LogP contribution in [0.4, 0.5) is 0 Å². The Morgan fingerprint density at radius 2 is 1.79 bits per heavy atom. The Balaban J connectivity index is 1.49. The molecule has 1 amide bonds. The van der Waals surface area contributed by atoms with Crippen molar-refractivity contribution in [3.63, 3.8) is 0 Å². The molecule has 3 nitrogen and oxygen atoms in total. The number of rotatable bonds is 5. The van der Waals surface area contributed by atoms with Crippen LogP contribution < -0.4 is 5.32 Å². The van der Waals surface area contributed by atoms with E-state index in [0.717, 1.165) is 41.7 Å². The van der Waals surface area contributed by atoms with Gasteiger partial charge in [0.05, 0.1) is 0 Å². The predicted octanol–water partition coefficient (Wildman–Crippen LogP) is 3.90. The zero-order valence-corrected chi connectivity index (χ0v) is 15.1. The van der Waals surface area contributed by atoms with E-state index in [0.29, 0.717) is 6.54 Å². The molecular weight excluding hydrogens is 364 g/mol. The normalized spacial score (nSPS) is 15.0. The molecule has 0 unspecified atom stereocenters. The average molecular weight is 385 g/mol. The summed E-state index contributed by atoms with van der Waals surface area (Å²) in [5.74, 6) is 0.0530. The van der Waals surface area contributed by atoms with E-state index in [1.807, 2.05) is 30.3 Å². The van der Waals surface area contributed by atoms with Gasteiger partial charge in [-0.15, -0.1) is 0 Å². The van der Waals surface area contributed by atoms with Crippen molar-refractivity contribution in [2.45, 2.75) is 19.5 Å². The first-order chi connectivity index (χ1) is 11.7. The van der Waals surface area contributed by atoms with Gasteiger partial charge in [-0.2, -0.15) is 0 Å². The number of nitrogens with one attached hydrogen (secondary N) is 1. The Morgan fingerprint density at radius 3 is 2.46 bits per heavy atom. The highest BCUT2D eigenvalue weighted by atomic mass is 79.9. The number of hydrogen-bond acceptors (Lipinski definition) is 2. The zero-order chi connectivity index (χ0) is 16.8. The first kappa shape index (κ1) is 16.9. The Hall–Kier alpha value is -1.91. The maximum atomic E-state index is 12.3. The number of carbonyl (C=O) groups excluding carboxylic acids is 1. The van der Waals surface area contributed by atoms with Gasteiger partial charge in [-0.3, -0.25) is 9.69 Å². The lowest BCUT2D eigenvalue weighted by Crippen LogP contribution is -2.33. The van der Waals surface area contributed by atoms with Crippen molar-refractivity contribution in [2.75, 3.05) is 13.1 Å². The lowest BCUT2D eigenvalue weighted by Gasteiger charge is -2.26. The van der Waals surface area contributed by atoms with Gasteiger partial charge in [-0.1, -0.05) is 64.5 Å². The molecule has 124 valence electrons. The Morgan fingerprint density at radius 1 is 1.04 bits per heavy atom. The van der Waals surface area contributed by atoms with Crippen molar-refractivity contribution in [3.8, 4) is 0 Å². The highest BCUT2D eigenvalue weighted by Crippen LogP contribution is 2.15. The summed E-state index contributed by atoms with van der Waals surface area (Å²) in [7, 11) is 0. The van der Waals surface area contributed by atoms with Crippen LogP contribution in [0.2, 0.25) is 0 Å². The van der Waals surface area contributed by atoms with E-state index in [9.17, 15) is 4.79 Å². The molecule has 1 aliphatic heterocycles. The second-order valence-corrected chi connectivity index (χ2v) is 6.92. The van der Waals surface area contributed by atoms with Gasteiger partial charge in [0, 0.05) is 36.2 Å². The summed E-state index contributed by atoms with van der Waals surface area (Å²) in [6.45, 7) is 3.25. The molecule has 0 radical (unpaired) electrons. The molecule has 3 rings (SSSR count). The highest BCUT2D eigenvalue weighted by Gasteiger charge is 2.16. The van der Waals surface area contributed by atoms with Crippen molar-refractivity contribution in [3.05, 3.63) is 81.8 Å². The number of nitrogens with zero attached hydrogens (tertiary/aromatic N) is 1. The summed E-state index contributed by atoms with van der Waals surface area (Å²) < 4.78 is 1.05. The van der Waals surface area contributed by atoms with Crippen molar-refractivity contribution >= 4 is 21.8 Å². The van der Waals surface area contributed by atoms with E-state index in [-0.39, 0.29) is 5.91 Å². The van der Waals surface area contributed by atoms with Crippen LogP contribution in [0.1, 0.15) is 17.5 Å². The molecule has 0 aliphatic carbocycles. The third-order valence-corrected chi connectivity index (χ3v) is 4.73. The molecule has 1 heterocycles. The summed E-state index contributed by atoms with van der Waals surface area (Å²) in [6.07, 6.45) is 2.86. The van der Waals surface area contributed by atoms with Crippen molar-refractivity contribution in [1.29, 1.82) is 0 Å². The summed E-state index contributed by atoms with van der Waals surface area (Å²) >= 11 is 3.42. The van der Waals surface area contributed by atoms with Gasteiger partial charge in [0.15, 0.2) is 0 Å². The fraction of sp³-hybridized carbons (Fsp3) is 0.250. The molecule has 4 heteroatoms. The molecule has 0 atom stereocenters. The van der Waals surface area contributed by atoms with E-state index in [2.05, 4.69) is 56.5 Å². The van der Waals surface area contributed by atoms with Crippen LogP contribution in [0, 0.1) is 0 Å². The molecule has 1 N–H and O–H groups in total. The molecule has 2 aromatic carbocycles. The standard InChI is InChI=1S/C20H21BrN2O/c21-19-8-6-16(7-9-19)14-22-20(24)18-10-12-23(13-11-18)15-17-4-2-1-3-5-17/h1-10H,11-15H2,(H,22,24). The monoisotopic (exact) mass is 384 g/mol. The molecule has 24 heavy (non-hydrogen) atoms. The van der Waals surface area contributed by atoms with Gasteiger partial charge in [0.1, 0.15) is 0 Å². The minimum Gasteiger partial charge on any atom is -0.348 e. The summed E-state index contributed by atoms with van der Waals surface area (Å²) in [4.78, 5) is 14.7. The van der Waals surface area contributed by atoms with E-state index in [4.69, 9.17) is 0 Å². The lowest BCUT2D eigenvalue weighted by atomic mass is 10.1. The summed E-state index contributed by atoms with van der Waals surface area (Å²) in [5, 5.41) is 3.01. The topological polar surface area (TPSA) is 32.3 Å². The first-order valence-corrected chi connectivity index (χ1v) is 8.98. The third kappa shape index (κ3) is 4.79. The number of hydrogen-bond donors (Lipinski definition) is 1. The maximum absolute atomic E-state index is 12.3. The zero-order valence-electron chi connectivity index (χ0n) is 13.5. The fourth-order valence-corrected chi connectivity index (χ4v) is 3.07. The molecule has 0 aromatic heterocycles. The Kier molecular flexibility index (Phi) is 5.83. The number of halogens is 1. The number of benzene rings is 2. The van der Waals surface area contributed by atoms with Crippen LogP contribution in [-0.2, 0) is 17.9 Å². The SMILES string of the molecule is O=C(NCc1ccc(Br)cc1)C1=CCN(Cc2ccccc2)CC1. The second kappa shape index (κ2) is 8.27. The molecule has 0 bridgehead atoms. The molecule has 0 saturated heterocycles.